The number of piperazine rings is 1. The van der Waals surface area contributed by atoms with E-state index in [4.69, 9.17) is 0 Å². The van der Waals surface area contributed by atoms with Crippen LogP contribution >= 0.6 is 0 Å². The van der Waals surface area contributed by atoms with Gasteiger partial charge in [0.2, 0.25) is 6.41 Å². The first-order valence-corrected chi connectivity index (χ1v) is 7.25. The van der Waals surface area contributed by atoms with Crippen molar-refractivity contribution in [2.24, 2.45) is 0 Å². The van der Waals surface area contributed by atoms with E-state index in [1.807, 2.05) is 0 Å². The third-order valence-electron chi connectivity index (χ3n) is 3.77. The molecule has 1 fully saturated rings. The molecule has 3 amide bonds. The number of fused-ring (bicyclic) bond motifs is 1. The molecule has 7 nitrogen and oxygen atoms in total. The Bertz CT molecular complexity index is 693. The maximum absolute atomic E-state index is 13.7. The smallest absolute Gasteiger partial charge is 0.409 e. The fourth-order valence-electron chi connectivity index (χ4n) is 2.51. The number of nitrogens with zero attached hydrogens (tertiary/aromatic N) is 2. The summed E-state index contributed by atoms with van der Waals surface area (Å²) in [6.07, 6.45) is -8.04. The van der Waals surface area contributed by atoms with Crippen molar-refractivity contribution in [2.75, 3.05) is 31.5 Å². The summed E-state index contributed by atoms with van der Waals surface area (Å²) in [5.74, 6) is -0.737. The number of carbonyl (C=O) groups is 2. The fourth-order valence-corrected chi connectivity index (χ4v) is 2.51. The summed E-state index contributed by atoms with van der Waals surface area (Å²) in [7, 11) is 0. The minimum atomic E-state index is -4.44. The predicted octanol–water partition coefficient (Wildman–Crippen LogP) is 2.00. The Morgan fingerprint density at radius 1 is 1.16 bits per heavy atom. The highest BCUT2D eigenvalue weighted by atomic mass is 19.3. The Morgan fingerprint density at radius 3 is 2.48 bits per heavy atom. The van der Waals surface area contributed by atoms with Crippen LogP contribution in [-0.4, -0.2) is 54.7 Å². The van der Waals surface area contributed by atoms with Crippen molar-refractivity contribution in [1.29, 1.82) is 0 Å². The van der Waals surface area contributed by atoms with E-state index in [2.05, 4.69) is 14.8 Å². The number of urea groups is 1. The van der Waals surface area contributed by atoms with Crippen LogP contribution in [0.1, 0.15) is 5.56 Å². The zero-order valence-corrected chi connectivity index (χ0v) is 12.7. The summed E-state index contributed by atoms with van der Waals surface area (Å²) in [6, 6.07) is 2.32. The maximum Gasteiger partial charge on any atom is 0.540 e. The van der Waals surface area contributed by atoms with Crippen molar-refractivity contribution >= 4 is 18.1 Å². The monoisotopic (exact) mass is 363 g/mol. The average Bonchev–Trinajstić information content (AvgIpc) is 2.54. The number of alkyl halides is 4. The molecule has 136 valence electrons. The molecule has 25 heavy (non-hydrogen) atoms. The fraction of sp³-hybridized carbons (Fsp3) is 0.429. The van der Waals surface area contributed by atoms with Crippen molar-refractivity contribution in [3.63, 3.8) is 0 Å². The number of rotatable bonds is 2. The standard InChI is InChI=1S/C14H13F4N3O4/c15-13(16)10-7-9(1-2-11(10)24-14(17,18)25-13)19-12(23)21-5-3-20(8-22)4-6-21/h1-2,7-8H,3-6H2,(H,19,23). The molecule has 2 aliphatic heterocycles. The van der Waals surface area contributed by atoms with Crippen LogP contribution in [0.25, 0.3) is 0 Å². The van der Waals surface area contributed by atoms with Crippen molar-refractivity contribution in [3.8, 4) is 5.75 Å². The van der Waals surface area contributed by atoms with Crippen LogP contribution in [0, 0.1) is 0 Å². The quantitative estimate of drug-likeness (QED) is 0.645. The molecule has 0 unspecified atom stereocenters. The zero-order valence-electron chi connectivity index (χ0n) is 12.7. The first kappa shape index (κ1) is 17.3. The molecule has 0 aliphatic carbocycles. The second-order valence-electron chi connectivity index (χ2n) is 5.45. The molecular weight excluding hydrogens is 350 g/mol. The normalized spacial score (nSPS) is 21.1. The first-order valence-electron chi connectivity index (χ1n) is 7.25. The van der Waals surface area contributed by atoms with E-state index in [0.717, 1.165) is 18.2 Å². The summed E-state index contributed by atoms with van der Waals surface area (Å²) < 4.78 is 60.7. The van der Waals surface area contributed by atoms with Gasteiger partial charge in [-0.3, -0.25) is 4.79 Å². The highest BCUT2D eigenvalue weighted by Gasteiger charge is 2.54. The van der Waals surface area contributed by atoms with E-state index in [9.17, 15) is 27.2 Å². The molecule has 0 radical (unpaired) electrons. The number of ether oxygens (including phenoxy) is 2. The summed E-state index contributed by atoms with van der Waals surface area (Å²) in [5.41, 5.74) is -0.944. The van der Waals surface area contributed by atoms with Gasteiger partial charge >= 0.3 is 18.4 Å². The molecule has 0 atom stereocenters. The number of benzene rings is 1. The lowest BCUT2D eigenvalue weighted by atomic mass is 10.1. The van der Waals surface area contributed by atoms with Crippen molar-refractivity contribution in [2.45, 2.75) is 12.4 Å². The van der Waals surface area contributed by atoms with Crippen LogP contribution in [0.2, 0.25) is 0 Å². The van der Waals surface area contributed by atoms with Gasteiger partial charge in [-0.2, -0.15) is 8.78 Å². The summed E-state index contributed by atoms with van der Waals surface area (Å²) in [4.78, 5) is 25.7. The molecule has 1 aromatic carbocycles. The second-order valence-corrected chi connectivity index (χ2v) is 5.45. The first-order chi connectivity index (χ1) is 11.7. The molecule has 1 saturated heterocycles. The molecule has 0 spiro atoms. The van der Waals surface area contributed by atoms with Crippen LogP contribution in [0.3, 0.4) is 0 Å². The summed E-state index contributed by atoms with van der Waals surface area (Å²) in [5, 5.41) is 2.40. The van der Waals surface area contributed by atoms with Crippen LogP contribution in [0.5, 0.6) is 5.75 Å². The predicted molar refractivity (Wildman–Crippen MR) is 75.2 cm³/mol. The van der Waals surface area contributed by atoms with E-state index < -0.39 is 29.7 Å². The summed E-state index contributed by atoms with van der Waals surface area (Å²) in [6.45, 7) is 1.28. The number of nitrogens with one attached hydrogen (secondary N) is 1. The topological polar surface area (TPSA) is 71.1 Å². The van der Waals surface area contributed by atoms with Gasteiger partial charge in [0.15, 0.2) is 0 Å². The van der Waals surface area contributed by atoms with Gasteiger partial charge in [0, 0.05) is 31.9 Å². The van der Waals surface area contributed by atoms with Gasteiger partial charge < -0.3 is 19.9 Å². The lowest BCUT2D eigenvalue weighted by Crippen LogP contribution is -2.49. The minimum Gasteiger partial charge on any atom is -0.409 e. The van der Waals surface area contributed by atoms with E-state index in [-0.39, 0.29) is 18.8 Å². The highest BCUT2D eigenvalue weighted by molar-refractivity contribution is 5.89. The minimum absolute atomic E-state index is 0.0290. The molecular formula is C14H13F4N3O4. The molecule has 3 rings (SSSR count). The van der Waals surface area contributed by atoms with Gasteiger partial charge in [-0.25, -0.2) is 9.53 Å². The molecule has 0 saturated carbocycles. The van der Waals surface area contributed by atoms with Crippen LogP contribution in [-0.2, 0) is 15.6 Å². The number of anilines is 1. The van der Waals surface area contributed by atoms with Gasteiger partial charge in [-0.05, 0) is 18.2 Å². The SMILES string of the molecule is O=CN1CCN(C(=O)Nc2ccc3c(c2)C(F)(F)OC(F)(F)O3)CC1. The third kappa shape index (κ3) is 3.60. The van der Waals surface area contributed by atoms with Crippen molar-refractivity contribution in [1.82, 2.24) is 9.80 Å². The van der Waals surface area contributed by atoms with Gasteiger partial charge in [-0.15, -0.1) is 8.78 Å². The lowest BCUT2D eigenvalue weighted by molar-refractivity contribution is -0.461. The van der Waals surface area contributed by atoms with E-state index >= 15 is 0 Å². The number of hydrogen-bond acceptors (Lipinski definition) is 4. The lowest BCUT2D eigenvalue weighted by Gasteiger charge is -2.33. The molecule has 2 aliphatic rings. The van der Waals surface area contributed by atoms with Gasteiger partial charge in [0.25, 0.3) is 0 Å². The third-order valence-corrected chi connectivity index (χ3v) is 3.77. The average molecular weight is 363 g/mol. The Balaban J connectivity index is 1.73. The molecule has 1 aromatic rings. The molecule has 11 heteroatoms. The van der Waals surface area contributed by atoms with Crippen LogP contribution < -0.4 is 10.1 Å². The van der Waals surface area contributed by atoms with Crippen LogP contribution in [0.4, 0.5) is 28.0 Å². The van der Waals surface area contributed by atoms with E-state index in [0.29, 0.717) is 19.5 Å². The Morgan fingerprint density at radius 2 is 1.84 bits per heavy atom. The number of carbonyl (C=O) groups excluding carboxylic acids is 2. The number of halogens is 4. The van der Waals surface area contributed by atoms with E-state index in [1.165, 1.54) is 9.80 Å². The van der Waals surface area contributed by atoms with Gasteiger partial charge in [-0.1, -0.05) is 0 Å². The highest BCUT2D eigenvalue weighted by Crippen LogP contribution is 2.46. The molecule has 0 aromatic heterocycles. The number of hydrogen-bond donors (Lipinski definition) is 1. The zero-order chi connectivity index (χ0) is 18.2. The van der Waals surface area contributed by atoms with Crippen molar-refractivity contribution < 1.29 is 36.6 Å². The molecule has 2 heterocycles. The largest absolute Gasteiger partial charge is 0.540 e. The summed E-state index contributed by atoms with van der Waals surface area (Å²) >= 11 is 0. The molecule has 0 bridgehead atoms. The van der Waals surface area contributed by atoms with Crippen molar-refractivity contribution in [3.05, 3.63) is 23.8 Å². The Hall–Kier alpha value is -2.56. The van der Waals surface area contributed by atoms with E-state index in [1.54, 1.807) is 0 Å². The maximum atomic E-state index is 13.7. The Kier molecular flexibility index (Phi) is 4.19. The van der Waals surface area contributed by atoms with Crippen LogP contribution in [0.15, 0.2) is 18.2 Å². The van der Waals surface area contributed by atoms with Gasteiger partial charge in [0.1, 0.15) is 5.75 Å². The molecule has 1 N–H and O–H groups in total. The van der Waals surface area contributed by atoms with Gasteiger partial charge in [0.05, 0.1) is 5.56 Å². The Labute approximate surface area is 139 Å². The second kappa shape index (κ2) is 6.06. The number of amides is 3.